The highest BCUT2D eigenvalue weighted by Gasteiger charge is 2.21. The second-order valence-electron chi connectivity index (χ2n) is 2.93. The van der Waals surface area contributed by atoms with Crippen molar-refractivity contribution in [1.82, 2.24) is 10.2 Å². The molecule has 2 N–H and O–H groups in total. The molecule has 0 aromatic carbocycles. The van der Waals surface area contributed by atoms with E-state index in [1.165, 1.54) is 6.20 Å². The minimum Gasteiger partial charge on any atom is -0.262 e. The summed E-state index contributed by atoms with van der Waals surface area (Å²) in [5.41, 5.74) is 0.140. The monoisotopic (exact) mass is 332 g/mol. The Bertz CT molecular complexity index is 682. The third-order valence-electron chi connectivity index (χ3n) is 1.82. The Morgan fingerprint density at radius 2 is 2.35 bits per heavy atom. The largest absolute Gasteiger partial charge is 0.273 e. The van der Waals surface area contributed by atoms with E-state index in [9.17, 15) is 8.42 Å². The number of sulfonamides is 1. The fourth-order valence-corrected chi connectivity index (χ4v) is 4.48. The highest BCUT2D eigenvalue weighted by atomic mass is 79.9. The number of hydrogen-bond acceptors (Lipinski definition) is 5. The molecule has 0 saturated heterocycles. The summed E-state index contributed by atoms with van der Waals surface area (Å²) in [6.07, 6.45) is 1.25. The van der Waals surface area contributed by atoms with Crippen molar-refractivity contribution in [2.24, 2.45) is 0 Å². The van der Waals surface area contributed by atoms with Crippen LogP contribution in [-0.2, 0) is 10.0 Å². The van der Waals surface area contributed by atoms with E-state index < -0.39 is 10.0 Å². The Hall–Kier alpha value is -1.37. The molecule has 0 spiro atoms. The molecule has 0 bridgehead atoms. The Kier molecular flexibility index (Phi) is 3.19. The van der Waals surface area contributed by atoms with Crippen molar-refractivity contribution in [3.8, 4) is 6.07 Å². The van der Waals surface area contributed by atoms with E-state index in [1.54, 1.807) is 11.4 Å². The lowest BCUT2D eigenvalue weighted by Crippen LogP contribution is -2.13. The molecule has 0 aliphatic carbocycles. The molecule has 0 atom stereocenters. The number of nitriles is 1. The molecule has 88 valence electrons. The highest BCUT2D eigenvalue weighted by molar-refractivity contribution is 9.10. The van der Waals surface area contributed by atoms with E-state index in [1.807, 2.05) is 6.07 Å². The molecular weight excluding hydrogens is 328 g/mol. The summed E-state index contributed by atoms with van der Waals surface area (Å²) in [5, 5.41) is 16.4. The van der Waals surface area contributed by atoms with Crippen molar-refractivity contribution >= 4 is 43.1 Å². The maximum Gasteiger partial charge on any atom is 0.273 e. The maximum atomic E-state index is 12.0. The number of nitrogens with one attached hydrogen (secondary N) is 2. The van der Waals surface area contributed by atoms with Gasteiger partial charge in [0, 0.05) is 4.47 Å². The fourth-order valence-electron chi connectivity index (χ4n) is 1.10. The van der Waals surface area contributed by atoms with Crippen LogP contribution >= 0.6 is 27.3 Å². The molecule has 0 aliphatic rings. The molecule has 9 heteroatoms. The molecule has 2 aromatic heterocycles. The van der Waals surface area contributed by atoms with Gasteiger partial charge in [-0.15, -0.1) is 11.3 Å². The summed E-state index contributed by atoms with van der Waals surface area (Å²) in [6.45, 7) is 0. The molecule has 2 rings (SSSR count). The first-order chi connectivity index (χ1) is 8.04. The first-order valence-corrected chi connectivity index (χ1v) is 7.39. The normalized spacial score (nSPS) is 11.1. The van der Waals surface area contributed by atoms with Crippen LogP contribution in [0, 0.1) is 11.3 Å². The zero-order valence-corrected chi connectivity index (χ0v) is 11.4. The van der Waals surface area contributed by atoms with E-state index in [0.29, 0.717) is 4.47 Å². The predicted octanol–water partition coefficient (Wildman–Crippen LogP) is 1.91. The SMILES string of the molecule is N#Cc1cn[nH]c1NS(=O)(=O)c1sccc1Br. The summed E-state index contributed by atoms with van der Waals surface area (Å²) >= 11 is 4.22. The highest BCUT2D eigenvalue weighted by Crippen LogP contribution is 2.29. The van der Waals surface area contributed by atoms with Gasteiger partial charge in [0.15, 0.2) is 10.0 Å². The lowest BCUT2D eigenvalue weighted by atomic mass is 10.4. The van der Waals surface area contributed by atoms with Crippen molar-refractivity contribution in [2.75, 3.05) is 4.72 Å². The fraction of sp³-hybridized carbons (Fsp3) is 0. The van der Waals surface area contributed by atoms with Gasteiger partial charge in [-0.3, -0.25) is 9.82 Å². The van der Waals surface area contributed by atoms with Crippen molar-refractivity contribution in [1.29, 1.82) is 5.26 Å². The van der Waals surface area contributed by atoms with Crippen LogP contribution in [-0.4, -0.2) is 18.6 Å². The second kappa shape index (κ2) is 4.48. The summed E-state index contributed by atoms with van der Waals surface area (Å²) in [7, 11) is -3.70. The Morgan fingerprint density at radius 3 is 2.94 bits per heavy atom. The summed E-state index contributed by atoms with van der Waals surface area (Å²) in [5.74, 6) is 0.0628. The third-order valence-corrected chi connectivity index (χ3v) is 5.84. The Labute approximate surface area is 109 Å². The van der Waals surface area contributed by atoms with Crippen LogP contribution in [0.1, 0.15) is 5.56 Å². The number of hydrogen-bond donors (Lipinski definition) is 2. The standard InChI is InChI=1S/C8H5BrN4O2S2/c9-6-1-2-16-8(6)17(14,15)13-7-5(3-10)4-11-12-7/h1-2,4H,(H2,11,12,13). The van der Waals surface area contributed by atoms with Crippen LogP contribution in [0.2, 0.25) is 0 Å². The smallest absolute Gasteiger partial charge is 0.262 e. The molecule has 17 heavy (non-hydrogen) atoms. The molecule has 0 aliphatic heterocycles. The number of thiophene rings is 1. The molecule has 0 radical (unpaired) electrons. The first-order valence-electron chi connectivity index (χ1n) is 4.24. The average Bonchev–Trinajstić information content (AvgIpc) is 2.86. The number of rotatable bonds is 3. The van der Waals surface area contributed by atoms with Crippen LogP contribution < -0.4 is 4.72 Å². The lowest BCUT2D eigenvalue weighted by molar-refractivity contribution is 0.602. The number of nitrogens with zero attached hydrogens (tertiary/aromatic N) is 2. The topological polar surface area (TPSA) is 98.6 Å². The minimum absolute atomic E-state index is 0.0628. The van der Waals surface area contributed by atoms with Gasteiger partial charge in [0.1, 0.15) is 11.6 Å². The van der Waals surface area contributed by atoms with Gasteiger partial charge in [0.25, 0.3) is 10.0 Å². The van der Waals surface area contributed by atoms with Crippen molar-refractivity contribution < 1.29 is 8.42 Å². The van der Waals surface area contributed by atoms with Gasteiger partial charge in [-0.2, -0.15) is 10.4 Å². The molecule has 0 amide bonds. The number of anilines is 1. The number of H-pyrrole nitrogens is 1. The number of aromatic nitrogens is 2. The van der Waals surface area contributed by atoms with Crippen molar-refractivity contribution in [2.45, 2.75) is 4.21 Å². The Balaban J connectivity index is 2.38. The van der Waals surface area contributed by atoms with Gasteiger partial charge >= 0.3 is 0 Å². The molecule has 2 heterocycles. The van der Waals surface area contributed by atoms with E-state index >= 15 is 0 Å². The van der Waals surface area contributed by atoms with Crippen molar-refractivity contribution in [3.63, 3.8) is 0 Å². The van der Waals surface area contributed by atoms with E-state index in [0.717, 1.165) is 11.3 Å². The van der Waals surface area contributed by atoms with Gasteiger partial charge < -0.3 is 0 Å². The Morgan fingerprint density at radius 1 is 1.59 bits per heavy atom. The average molecular weight is 333 g/mol. The molecule has 6 nitrogen and oxygen atoms in total. The summed E-state index contributed by atoms with van der Waals surface area (Å²) in [4.78, 5) is 0. The summed E-state index contributed by atoms with van der Waals surface area (Å²) < 4.78 is 26.8. The van der Waals surface area contributed by atoms with Crippen LogP contribution in [0.3, 0.4) is 0 Å². The molecule has 0 fully saturated rings. The van der Waals surface area contributed by atoms with Gasteiger partial charge in [-0.1, -0.05) is 0 Å². The van der Waals surface area contributed by atoms with Gasteiger partial charge in [0.05, 0.1) is 6.20 Å². The van der Waals surface area contributed by atoms with E-state index in [2.05, 4.69) is 30.8 Å². The molecule has 0 saturated carbocycles. The van der Waals surface area contributed by atoms with Gasteiger partial charge in [0.2, 0.25) is 0 Å². The van der Waals surface area contributed by atoms with E-state index in [4.69, 9.17) is 5.26 Å². The second-order valence-corrected chi connectivity index (χ2v) is 6.58. The van der Waals surface area contributed by atoms with Crippen LogP contribution in [0.15, 0.2) is 26.3 Å². The van der Waals surface area contributed by atoms with Crippen molar-refractivity contribution in [3.05, 3.63) is 27.7 Å². The maximum absolute atomic E-state index is 12.0. The number of aromatic amines is 1. The third kappa shape index (κ3) is 2.33. The lowest BCUT2D eigenvalue weighted by Gasteiger charge is -2.04. The van der Waals surface area contributed by atoms with E-state index in [-0.39, 0.29) is 15.6 Å². The van der Waals surface area contributed by atoms with Gasteiger partial charge in [-0.25, -0.2) is 8.42 Å². The predicted molar refractivity (Wildman–Crippen MR) is 66.1 cm³/mol. The zero-order valence-electron chi connectivity index (χ0n) is 8.14. The summed E-state index contributed by atoms with van der Waals surface area (Å²) in [6, 6.07) is 3.47. The minimum atomic E-state index is -3.70. The van der Waals surface area contributed by atoms with Crippen LogP contribution in [0.4, 0.5) is 5.82 Å². The zero-order chi connectivity index (χ0) is 12.5. The molecular formula is C8H5BrN4O2S2. The quantitative estimate of drug-likeness (QED) is 0.896. The van der Waals surface area contributed by atoms with Gasteiger partial charge in [-0.05, 0) is 27.4 Å². The number of halogens is 1. The van der Waals surface area contributed by atoms with Crippen LogP contribution in [0.25, 0.3) is 0 Å². The van der Waals surface area contributed by atoms with Crippen LogP contribution in [0.5, 0.6) is 0 Å². The molecule has 2 aromatic rings. The molecule has 0 unspecified atom stereocenters. The first kappa shape index (κ1) is 12.1.